The highest BCUT2D eigenvalue weighted by Crippen LogP contribution is 2.47. The van der Waals surface area contributed by atoms with Crippen molar-refractivity contribution >= 4 is 6.08 Å². The highest BCUT2D eigenvalue weighted by Gasteiger charge is 2.53. The molecule has 0 saturated carbocycles. The number of hydrogen-bond donors (Lipinski definition) is 0. The van der Waals surface area contributed by atoms with Crippen molar-refractivity contribution in [3.05, 3.63) is 95.1 Å². The summed E-state index contributed by atoms with van der Waals surface area (Å²) in [7, 11) is 1.38. The molecule has 0 aromatic heterocycles. The van der Waals surface area contributed by atoms with Gasteiger partial charge in [-0.3, -0.25) is 0 Å². The second-order valence-corrected chi connectivity index (χ2v) is 7.18. The van der Waals surface area contributed by atoms with E-state index in [0.29, 0.717) is 11.8 Å². The second kappa shape index (κ2) is 8.80. The van der Waals surface area contributed by atoms with Gasteiger partial charge in [-0.25, -0.2) is 8.78 Å². The summed E-state index contributed by atoms with van der Waals surface area (Å²) in [4.78, 5) is 0. The minimum atomic E-state index is -4.71. The fourth-order valence-corrected chi connectivity index (χ4v) is 3.29. The third-order valence-electron chi connectivity index (χ3n) is 5.35. The van der Waals surface area contributed by atoms with Crippen LogP contribution in [0.1, 0.15) is 23.6 Å². The summed E-state index contributed by atoms with van der Waals surface area (Å²) in [6.07, 6.45) is -4.11. The van der Waals surface area contributed by atoms with Gasteiger partial charge < -0.3 is 9.47 Å². The number of hydrogen-bond acceptors (Lipinski definition) is 2. The number of halogens is 7. The number of ether oxygens (including phenoxy) is 2. The number of alkyl halides is 3. The van der Waals surface area contributed by atoms with Crippen LogP contribution >= 0.6 is 0 Å². The average Bonchev–Trinajstić information content (AvgIpc) is 2.80. The van der Waals surface area contributed by atoms with Crippen molar-refractivity contribution in [1.82, 2.24) is 0 Å². The molecule has 3 aromatic rings. The second-order valence-electron chi connectivity index (χ2n) is 7.18. The lowest BCUT2D eigenvalue weighted by Crippen LogP contribution is -2.40. The molecule has 1 unspecified atom stereocenters. The molecule has 0 spiro atoms. The molecular weight excluding hydrogens is 453 g/mol. The normalized spacial score (nSPS) is 13.4. The Hall–Kier alpha value is -3.49. The lowest BCUT2D eigenvalue weighted by atomic mass is 9.75. The van der Waals surface area contributed by atoms with Crippen molar-refractivity contribution in [2.45, 2.75) is 18.5 Å². The van der Waals surface area contributed by atoms with Gasteiger partial charge in [0, 0.05) is 0 Å². The summed E-state index contributed by atoms with van der Waals surface area (Å²) in [6.45, 7) is 4.06. The van der Waals surface area contributed by atoms with Crippen LogP contribution in [0.3, 0.4) is 0 Å². The van der Waals surface area contributed by atoms with E-state index in [9.17, 15) is 30.7 Å². The van der Waals surface area contributed by atoms with Crippen LogP contribution < -0.4 is 9.47 Å². The Kier molecular flexibility index (Phi) is 6.44. The molecule has 0 fully saturated rings. The Morgan fingerprint density at radius 3 is 1.52 bits per heavy atom. The molecule has 0 aliphatic carbocycles. The van der Waals surface area contributed by atoms with Crippen LogP contribution in [-0.2, 0) is 5.41 Å². The first kappa shape index (κ1) is 24.2. The van der Waals surface area contributed by atoms with Gasteiger partial charge in [-0.1, -0.05) is 36.9 Å². The molecule has 2 nitrogen and oxygen atoms in total. The van der Waals surface area contributed by atoms with E-state index in [-0.39, 0.29) is 16.9 Å². The van der Waals surface area contributed by atoms with Crippen LogP contribution in [0.15, 0.2) is 55.1 Å². The lowest BCUT2D eigenvalue weighted by molar-refractivity contribution is -0.173. The van der Waals surface area contributed by atoms with Crippen LogP contribution in [0, 0.1) is 23.3 Å². The van der Waals surface area contributed by atoms with Crippen molar-refractivity contribution in [2.24, 2.45) is 0 Å². The van der Waals surface area contributed by atoms with Gasteiger partial charge in [0.1, 0.15) is 16.9 Å². The maximum Gasteiger partial charge on any atom is 0.402 e. The van der Waals surface area contributed by atoms with Crippen molar-refractivity contribution in [1.29, 1.82) is 0 Å². The van der Waals surface area contributed by atoms with Crippen molar-refractivity contribution in [3.8, 4) is 17.2 Å². The molecule has 0 saturated heterocycles. The summed E-state index contributed by atoms with van der Waals surface area (Å²) in [6, 6.07) is 9.44. The van der Waals surface area contributed by atoms with E-state index in [4.69, 9.17) is 9.47 Å². The van der Waals surface area contributed by atoms with E-state index in [1.807, 2.05) is 0 Å². The SMILES string of the molecule is C=Cc1c(F)c(F)c(Oc2ccc(C(C)(c3ccc(OC)cc3)C(F)(F)F)cc2)c(F)c1F. The van der Waals surface area contributed by atoms with Crippen molar-refractivity contribution in [3.63, 3.8) is 0 Å². The largest absolute Gasteiger partial charge is 0.497 e. The van der Waals surface area contributed by atoms with Crippen LogP contribution in [0.25, 0.3) is 6.08 Å². The summed E-state index contributed by atoms with van der Waals surface area (Å²) in [5.74, 6) is -8.34. The van der Waals surface area contributed by atoms with Crippen molar-refractivity contribution in [2.75, 3.05) is 7.11 Å². The summed E-state index contributed by atoms with van der Waals surface area (Å²) >= 11 is 0. The Labute approximate surface area is 184 Å². The quantitative estimate of drug-likeness (QED) is 0.274. The first-order valence-corrected chi connectivity index (χ1v) is 9.43. The first-order chi connectivity index (χ1) is 15.4. The average molecular weight is 470 g/mol. The van der Waals surface area contributed by atoms with Gasteiger partial charge >= 0.3 is 6.18 Å². The monoisotopic (exact) mass is 470 g/mol. The van der Waals surface area contributed by atoms with Crippen LogP contribution in [0.4, 0.5) is 30.7 Å². The molecule has 3 rings (SSSR count). The summed E-state index contributed by atoms with van der Waals surface area (Å²) in [5, 5.41) is 0. The van der Waals surface area contributed by atoms with E-state index in [1.54, 1.807) is 0 Å². The zero-order chi connectivity index (χ0) is 24.6. The fraction of sp³-hybridized carbons (Fsp3) is 0.167. The molecule has 0 heterocycles. The van der Waals surface area contributed by atoms with Gasteiger partial charge in [-0.2, -0.15) is 22.0 Å². The smallest absolute Gasteiger partial charge is 0.402 e. The molecular formula is C24H17F7O2. The van der Waals surface area contributed by atoms with Crippen LogP contribution in [0.2, 0.25) is 0 Å². The van der Waals surface area contributed by atoms with Gasteiger partial charge in [-0.05, 0) is 42.3 Å². The van der Waals surface area contributed by atoms with Gasteiger partial charge in [0.15, 0.2) is 11.6 Å². The van der Waals surface area contributed by atoms with Crippen LogP contribution in [0.5, 0.6) is 17.2 Å². The van der Waals surface area contributed by atoms with Gasteiger partial charge in [0.25, 0.3) is 0 Å². The van der Waals surface area contributed by atoms with Crippen molar-refractivity contribution < 1.29 is 40.2 Å². The molecule has 0 N–H and O–H groups in total. The van der Waals surface area contributed by atoms with Gasteiger partial charge in [0.2, 0.25) is 17.4 Å². The minimum absolute atomic E-state index is 0.0780. The Morgan fingerprint density at radius 1 is 0.727 bits per heavy atom. The van der Waals surface area contributed by atoms with Crippen LogP contribution in [-0.4, -0.2) is 13.3 Å². The topological polar surface area (TPSA) is 18.5 Å². The molecule has 0 amide bonds. The van der Waals surface area contributed by atoms with E-state index < -0.39 is 46.2 Å². The molecule has 0 radical (unpaired) electrons. The van der Waals surface area contributed by atoms with E-state index in [1.165, 1.54) is 31.4 Å². The predicted octanol–water partition coefficient (Wildman–Crippen LogP) is 7.56. The minimum Gasteiger partial charge on any atom is -0.497 e. The molecule has 0 aliphatic heterocycles. The maximum atomic E-state index is 14.2. The first-order valence-electron chi connectivity index (χ1n) is 9.43. The Morgan fingerprint density at radius 2 is 1.15 bits per heavy atom. The summed E-state index contributed by atoms with van der Waals surface area (Å²) in [5.41, 5.74) is -3.73. The summed E-state index contributed by atoms with van der Waals surface area (Å²) < 4.78 is 108. The number of methoxy groups -OCH3 is 1. The third-order valence-corrected chi connectivity index (χ3v) is 5.35. The Bertz CT molecular complexity index is 1140. The Balaban J connectivity index is 2.01. The molecule has 1 atom stereocenters. The molecule has 174 valence electrons. The molecule has 3 aromatic carbocycles. The third kappa shape index (κ3) is 4.15. The fourth-order valence-electron chi connectivity index (χ4n) is 3.29. The molecule has 33 heavy (non-hydrogen) atoms. The van der Waals surface area contributed by atoms with E-state index in [0.717, 1.165) is 31.2 Å². The molecule has 0 bridgehead atoms. The standard InChI is InChI=1S/C24H17F7O2/c1-4-17-18(25)20(27)22(21(28)19(17)26)33-16-11-7-14(8-12-16)23(2,24(29,30)31)13-5-9-15(32-3)10-6-13/h4-12H,1H2,2-3H3. The highest BCUT2D eigenvalue weighted by molar-refractivity contribution is 5.53. The molecule has 0 aliphatic rings. The number of benzene rings is 3. The van der Waals surface area contributed by atoms with Gasteiger partial charge in [-0.15, -0.1) is 0 Å². The van der Waals surface area contributed by atoms with E-state index in [2.05, 4.69) is 6.58 Å². The van der Waals surface area contributed by atoms with Gasteiger partial charge in [0.05, 0.1) is 12.7 Å². The molecule has 9 heteroatoms. The zero-order valence-corrected chi connectivity index (χ0v) is 17.4. The zero-order valence-electron chi connectivity index (χ0n) is 17.4. The lowest BCUT2D eigenvalue weighted by Gasteiger charge is -2.33. The highest BCUT2D eigenvalue weighted by atomic mass is 19.4. The van der Waals surface area contributed by atoms with E-state index >= 15 is 0 Å². The predicted molar refractivity (Wildman–Crippen MR) is 108 cm³/mol. The maximum absolute atomic E-state index is 14.2. The number of rotatable bonds is 6.